The molecule has 0 aliphatic carbocycles. The molecule has 2 atom stereocenters. The molecule has 0 aromatic carbocycles. The van der Waals surface area contributed by atoms with Gasteiger partial charge in [0.2, 0.25) is 5.91 Å². The molecule has 0 radical (unpaired) electrons. The summed E-state index contributed by atoms with van der Waals surface area (Å²) in [5.74, 6) is -1.51. The lowest BCUT2D eigenvalue weighted by molar-refractivity contribution is -0.130. The molecule has 5 heteroatoms. The number of rotatable bonds is 2. The van der Waals surface area contributed by atoms with Gasteiger partial charge in [-0.05, 0) is 11.6 Å². The molecule has 0 saturated carbocycles. The Hall–Kier alpha value is -1.75. The van der Waals surface area contributed by atoms with E-state index >= 15 is 0 Å². The Morgan fingerprint density at radius 3 is 3.00 bits per heavy atom. The Labute approximate surface area is 86.7 Å². The molecule has 1 aromatic rings. The Morgan fingerprint density at radius 2 is 2.40 bits per heavy atom. The van der Waals surface area contributed by atoms with Gasteiger partial charge in [-0.3, -0.25) is 14.6 Å². The van der Waals surface area contributed by atoms with Crippen molar-refractivity contribution in [1.82, 2.24) is 10.3 Å². The quantitative estimate of drug-likeness (QED) is 0.631. The summed E-state index contributed by atoms with van der Waals surface area (Å²) in [6.07, 6.45) is 3.27. The molecule has 1 saturated heterocycles. The highest BCUT2D eigenvalue weighted by molar-refractivity contribution is 6.04. The fourth-order valence-electron chi connectivity index (χ4n) is 1.82. The molecule has 1 aromatic heterocycles. The van der Waals surface area contributed by atoms with Gasteiger partial charge in [-0.1, -0.05) is 6.07 Å². The predicted molar refractivity (Wildman–Crippen MR) is 52.7 cm³/mol. The zero-order chi connectivity index (χ0) is 10.8. The number of hydrogen-bond donors (Lipinski definition) is 2. The van der Waals surface area contributed by atoms with Crippen LogP contribution in [0.4, 0.5) is 0 Å². The van der Waals surface area contributed by atoms with E-state index in [4.69, 9.17) is 5.73 Å². The minimum absolute atomic E-state index is 0.156. The number of hydrogen-bond acceptors (Lipinski definition) is 4. The maximum atomic E-state index is 11.4. The number of primary amides is 1. The second-order valence-corrected chi connectivity index (χ2v) is 3.49. The highest BCUT2D eigenvalue weighted by atomic mass is 16.2. The van der Waals surface area contributed by atoms with Gasteiger partial charge in [-0.25, -0.2) is 0 Å². The number of nitrogens with two attached hydrogens (primary N) is 1. The van der Waals surface area contributed by atoms with Crippen LogP contribution in [0.3, 0.4) is 0 Å². The smallest absolute Gasteiger partial charge is 0.230 e. The topological polar surface area (TPSA) is 85.1 Å². The summed E-state index contributed by atoms with van der Waals surface area (Å²) in [4.78, 5) is 26.5. The number of pyridine rings is 1. The largest absolute Gasteiger partial charge is 0.369 e. The van der Waals surface area contributed by atoms with Crippen molar-refractivity contribution in [1.29, 1.82) is 0 Å². The van der Waals surface area contributed by atoms with Crippen LogP contribution in [0.5, 0.6) is 0 Å². The Kier molecular flexibility index (Phi) is 2.47. The van der Waals surface area contributed by atoms with E-state index in [1.54, 1.807) is 18.5 Å². The molecule has 1 aliphatic heterocycles. The second kappa shape index (κ2) is 3.78. The Morgan fingerprint density at radius 1 is 1.60 bits per heavy atom. The highest BCUT2D eigenvalue weighted by Crippen LogP contribution is 2.26. The molecule has 3 N–H and O–H groups in total. The molecule has 1 amide bonds. The summed E-state index contributed by atoms with van der Waals surface area (Å²) in [7, 11) is 0. The van der Waals surface area contributed by atoms with Gasteiger partial charge in [0.25, 0.3) is 0 Å². The van der Waals surface area contributed by atoms with Crippen LogP contribution in [0.15, 0.2) is 24.5 Å². The zero-order valence-corrected chi connectivity index (χ0v) is 8.01. The number of Topliss-reactive ketones (excluding diaryl/α,β-unsaturated/α-hetero) is 1. The number of amides is 1. The van der Waals surface area contributed by atoms with Crippen LogP contribution in [-0.4, -0.2) is 23.2 Å². The lowest BCUT2D eigenvalue weighted by atomic mass is 9.94. The predicted octanol–water partition coefficient (Wildman–Crippen LogP) is -0.603. The van der Waals surface area contributed by atoms with E-state index in [0.29, 0.717) is 0 Å². The summed E-state index contributed by atoms with van der Waals surface area (Å²) in [5.41, 5.74) is 6.01. The van der Waals surface area contributed by atoms with Crippen molar-refractivity contribution in [2.45, 2.75) is 6.04 Å². The number of carbonyl (C=O) groups excluding carboxylic acids is 2. The maximum Gasteiger partial charge on any atom is 0.230 e. The van der Waals surface area contributed by atoms with Gasteiger partial charge in [0, 0.05) is 12.4 Å². The number of ketones is 1. The highest BCUT2D eigenvalue weighted by Gasteiger charge is 2.39. The third-order valence-electron chi connectivity index (χ3n) is 2.53. The fourth-order valence-corrected chi connectivity index (χ4v) is 1.82. The van der Waals surface area contributed by atoms with E-state index in [9.17, 15) is 9.59 Å². The van der Waals surface area contributed by atoms with E-state index in [2.05, 4.69) is 10.3 Å². The molecule has 1 fully saturated rings. The van der Waals surface area contributed by atoms with Crippen molar-refractivity contribution < 1.29 is 9.59 Å². The molecule has 2 rings (SSSR count). The van der Waals surface area contributed by atoms with Crippen LogP contribution < -0.4 is 11.1 Å². The third kappa shape index (κ3) is 1.73. The molecule has 5 nitrogen and oxygen atoms in total. The summed E-state index contributed by atoms with van der Waals surface area (Å²) in [6, 6.07) is 3.25. The first-order valence-corrected chi connectivity index (χ1v) is 4.65. The van der Waals surface area contributed by atoms with Crippen molar-refractivity contribution in [3.8, 4) is 0 Å². The molecule has 0 spiro atoms. The van der Waals surface area contributed by atoms with Crippen molar-refractivity contribution in [2.24, 2.45) is 11.7 Å². The first kappa shape index (κ1) is 9.79. The van der Waals surface area contributed by atoms with Gasteiger partial charge in [0.1, 0.15) is 5.92 Å². The van der Waals surface area contributed by atoms with E-state index in [-0.39, 0.29) is 18.4 Å². The van der Waals surface area contributed by atoms with Crippen molar-refractivity contribution in [3.63, 3.8) is 0 Å². The SMILES string of the molecule is NC(=O)C1C(=O)CNC1c1cccnc1. The van der Waals surface area contributed by atoms with E-state index < -0.39 is 11.8 Å². The van der Waals surface area contributed by atoms with Gasteiger partial charge in [-0.15, -0.1) is 0 Å². The minimum atomic E-state index is -0.769. The second-order valence-electron chi connectivity index (χ2n) is 3.49. The van der Waals surface area contributed by atoms with Crippen LogP contribution in [0, 0.1) is 5.92 Å². The lowest BCUT2D eigenvalue weighted by Gasteiger charge is -2.14. The van der Waals surface area contributed by atoms with Crippen molar-refractivity contribution in [3.05, 3.63) is 30.1 Å². The Balaban J connectivity index is 2.30. The first-order valence-electron chi connectivity index (χ1n) is 4.65. The average molecular weight is 205 g/mol. The molecule has 78 valence electrons. The van der Waals surface area contributed by atoms with Gasteiger partial charge in [-0.2, -0.15) is 0 Å². The Bertz CT molecular complexity index is 391. The van der Waals surface area contributed by atoms with Crippen LogP contribution in [0.25, 0.3) is 0 Å². The summed E-state index contributed by atoms with van der Waals surface area (Å²) in [6.45, 7) is 0.188. The number of carbonyl (C=O) groups is 2. The van der Waals surface area contributed by atoms with Gasteiger partial charge >= 0.3 is 0 Å². The van der Waals surface area contributed by atoms with Gasteiger partial charge in [0.05, 0.1) is 12.6 Å². The number of nitrogens with one attached hydrogen (secondary N) is 1. The molecule has 0 bridgehead atoms. The standard InChI is InChI=1S/C10H11N3O2/c11-10(15)8-7(14)5-13-9(8)6-2-1-3-12-4-6/h1-4,8-9,13H,5H2,(H2,11,15). The summed E-state index contributed by atoms with van der Waals surface area (Å²) < 4.78 is 0. The van der Waals surface area contributed by atoms with Gasteiger partial charge < -0.3 is 11.1 Å². The van der Waals surface area contributed by atoms with E-state index in [1.165, 1.54) is 0 Å². The normalized spacial score (nSPS) is 25.5. The van der Waals surface area contributed by atoms with E-state index in [1.807, 2.05) is 6.07 Å². The van der Waals surface area contributed by atoms with Crippen LogP contribution >= 0.6 is 0 Å². The molecule has 1 aliphatic rings. The first-order chi connectivity index (χ1) is 7.20. The molecule has 15 heavy (non-hydrogen) atoms. The van der Waals surface area contributed by atoms with Crippen LogP contribution in [0.1, 0.15) is 11.6 Å². The zero-order valence-electron chi connectivity index (χ0n) is 8.01. The lowest BCUT2D eigenvalue weighted by Crippen LogP contribution is -2.32. The molecular weight excluding hydrogens is 194 g/mol. The summed E-state index contributed by atoms with van der Waals surface area (Å²) in [5, 5.41) is 2.96. The van der Waals surface area contributed by atoms with E-state index in [0.717, 1.165) is 5.56 Å². The molecular formula is C10H11N3O2. The van der Waals surface area contributed by atoms with Gasteiger partial charge in [0.15, 0.2) is 5.78 Å². The minimum Gasteiger partial charge on any atom is -0.369 e. The van der Waals surface area contributed by atoms with Crippen LogP contribution in [-0.2, 0) is 9.59 Å². The number of nitrogens with zero attached hydrogens (tertiary/aromatic N) is 1. The maximum absolute atomic E-state index is 11.4. The molecule has 2 unspecified atom stereocenters. The van der Waals surface area contributed by atoms with Crippen LogP contribution in [0.2, 0.25) is 0 Å². The monoisotopic (exact) mass is 205 g/mol. The van der Waals surface area contributed by atoms with Crippen molar-refractivity contribution >= 4 is 11.7 Å². The summed E-state index contributed by atoms with van der Waals surface area (Å²) >= 11 is 0. The third-order valence-corrected chi connectivity index (χ3v) is 2.53. The van der Waals surface area contributed by atoms with Crippen molar-refractivity contribution in [2.75, 3.05) is 6.54 Å². The fraction of sp³-hybridized carbons (Fsp3) is 0.300. The average Bonchev–Trinajstić information content (AvgIpc) is 2.61. The molecule has 2 heterocycles. The number of aromatic nitrogens is 1.